The van der Waals surface area contributed by atoms with Gasteiger partial charge in [-0.25, -0.2) is 0 Å². The minimum Gasteiger partial charge on any atom is -0.756 e. The molecule has 0 saturated carbocycles. The summed E-state index contributed by atoms with van der Waals surface area (Å²) < 4.78 is 33.8. The lowest BCUT2D eigenvalue weighted by molar-refractivity contribution is -0.870. The van der Waals surface area contributed by atoms with Gasteiger partial charge in [0, 0.05) is 12.8 Å². The number of esters is 2. The van der Waals surface area contributed by atoms with Crippen LogP contribution in [0.5, 0.6) is 0 Å². The fraction of sp³-hybridized carbons (Fsp3) is 0.667. The number of phosphoric ester groups is 1. The van der Waals surface area contributed by atoms with E-state index >= 15 is 0 Å². The van der Waals surface area contributed by atoms with Gasteiger partial charge in [0.2, 0.25) is 0 Å². The van der Waals surface area contributed by atoms with E-state index in [0.717, 1.165) is 51.4 Å². The van der Waals surface area contributed by atoms with E-state index in [9.17, 15) is 24.2 Å². The molecule has 11 heteroatoms. The zero-order valence-electron chi connectivity index (χ0n) is 37.5. The van der Waals surface area contributed by atoms with Crippen LogP contribution < -0.4 is 4.89 Å². The molecule has 0 aliphatic heterocycles. The lowest BCUT2D eigenvalue weighted by atomic mass is 10.1. The molecule has 0 aliphatic carbocycles. The zero-order chi connectivity index (χ0) is 43.7. The Kier molecular flexibility index (Phi) is 37.4. The van der Waals surface area contributed by atoms with Gasteiger partial charge >= 0.3 is 11.9 Å². The van der Waals surface area contributed by atoms with Gasteiger partial charge in [0.05, 0.1) is 33.9 Å². The van der Waals surface area contributed by atoms with Crippen molar-refractivity contribution in [2.45, 2.75) is 161 Å². The third kappa shape index (κ3) is 43.1. The molecule has 0 heterocycles. The van der Waals surface area contributed by atoms with Crippen molar-refractivity contribution in [2.24, 2.45) is 0 Å². The third-order valence-corrected chi connectivity index (χ3v) is 9.96. The van der Waals surface area contributed by atoms with E-state index in [0.29, 0.717) is 30.3 Å². The number of ether oxygens (including phenoxy) is 2. The van der Waals surface area contributed by atoms with Crippen LogP contribution >= 0.6 is 7.82 Å². The number of hydrogen-bond acceptors (Lipinski definition) is 9. The van der Waals surface area contributed by atoms with Gasteiger partial charge < -0.3 is 33.0 Å². The van der Waals surface area contributed by atoms with Crippen LogP contribution in [0.15, 0.2) is 85.1 Å². The summed E-state index contributed by atoms with van der Waals surface area (Å²) in [6.07, 6.45) is 46.5. The SMILES string of the molecule is CC/C=C\C/C=C\CC(O)/C=C/C=C\C/C=C\C/C=C\CCC(=O)OC[C@H](COP(=O)([O-])OCC[N+](C)(C)C)OC(=O)CCCCCCCCC/C=C\CCCCCC. The molecule has 0 aromatic rings. The van der Waals surface area contributed by atoms with Crippen LogP contribution in [0.1, 0.15) is 149 Å². The number of quaternary nitrogens is 1. The van der Waals surface area contributed by atoms with Gasteiger partial charge in [-0.3, -0.25) is 14.2 Å². The largest absolute Gasteiger partial charge is 0.756 e. The molecule has 0 bridgehead atoms. The molecule has 59 heavy (non-hydrogen) atoms. The van der Waals surface area contributed by atoms with Crippen molar-refractivity contribution in [1.29, 1.82) is 0 Å². The Labute approximate surface area is 359 Å². The molecule has 0 rings (SSSR count). The number of aliphatic hydroxyl groups is 1. The predicted molar refractivity (Wildman–Crippen MR) is 242 cm³/mol. The van der Waals surface area contributed by atoms with Crippen molar-refractivity contribution in [2.75, 3.05) is 47.5 Å². The smallest absolute Gasteiger partial charge is 0.306 e. The summed E-state index contributed by atoms with van der Waals surface area (Å²) in [6.45, 7) is 3.91. The monoisotopic (exact) mass is 848 g/mol. The first kappa shape index (κ1) is 56.1. The van der Waals surface area contributed by atoms with Gasteiger partial charge in [0.1, 0.15) is 19.8 Å². The summed E-state index contributed by atoms with van der Waals surface area (Å²) >= 11 is 0. The van der Waals surface area contributed by atoms with E-state index < -0.39 is 38.6 Å². The van der Waals surface area contributed by atoms with Crippen LogP contribution in [0.4, 0.5) is 0 Å². The Morgan fingerprint density at radius 3 is 1.88 bits per heavy atom. The molecular weight excluding hydrogens is 765 g/mol. The van der Waals surface area contributed by atoms with E-state index in [1.165, 1.54) is 51.4 Å². The number of unbranched alkanes of at least 4 members (excludes halogenated alkanes) is 11. The second-order valence-corrected chi connectivity index (χ2v) is 17.3. The minimum absolute atomic E-state index is 0.0554. The Balaban J connectivity index is 4.55. The Morgan fingerprint density at radius 1 is 0.644 bits per heavy atom. The highest BCUT2D eigenvalue weighted by atomic mass is 31.2. The first-order chi connectivity index (χ1) is 28.4. The summed E-state index contributed by atoms with van der Waals surface area (Å²) in [5, 5.41) is 10.0. The molecule has 0 spiro atoms. The number of carbonyl (C=O) groups is 2. The van der Waals surface area contributed by atoms with Gasteiger partial charge in [0.25, 0.3) is 7.82 Å². The highest BCUT2D eigenvalue weighted by molar-refractivity contribution is 7.45. The van der Waals surface area contributed by atoms with E-state index in [2.05, 4.69) is 44.2 Å². The highest BCUT2D eigenvalue weighted by Crippen LogP contribution is 2.38. The molecule has 0 aromatic carbocycles. The van der Waals surface area contributed by atoms with E-state index in [4.69, 9.17) is 18.5 Å². The number of phosphoric acid groups is 1. The van der Waals surface area contributed by atoms with Gasteiger partial charge in [-0.1, -0.05) is 150 Å². The Morgan fingerprint density at radius 2 is 1.22 bits per heavy atom. The summed E-state index contributed by atoms with van der Waals surface area (Å²) in [7, 11) is 1.08. The topological polar surface area (TPSA) is 131 Å². The van der Waals surface area contributed by atoms with Gasteiger partial charge in [-0.2, -0.15) is 0 Å². The fourth-order valence-corrected chi connectivity index (χ4v) is 6.19. The highest BCUT2D eigenvalue weighted by Gasteiger charge is 2.21. The van der Waals surface area contributed by atoms with E-state index in [-0.39, 0.29) is 26.1 Å². The molecule has 0 aromatic heterocycles. The Bertz CT molecular complexity index is 1300. The number of likely N-dealkylation sites (N-methyl/N-ethyl adjacent to an activating group) is 1. The van der Waals surface area contributed by atoms with Crippen LogP contribution in [0, 0.1) is 0 Å². The zero-order valence-corrected chi connectivity index (χ0v) is 38.4. The quantitative estimate of drug-likeness (QED) is 0.0160. The number of carbonyl (C=O) groups excluding carboxylic acids is 2. The third-order valence-electron chi connectivity index (χ3n) is 8.99. The molecular formula is C48H82NO9P. The lowest BCUT2D eigenvalue weighted by Crippen LogP contribution is -2.37. The first-order valence-corrected chi connectivity index (χ1v) is 23.9. The standard InChI is InChI=1S/C48H82NO9P/c1-6-8-10-12-14-15-16-17-18-19-20-25-28-32-36-40-48(52)58-46(44-57-59(53,54)56-42-41-49(3,4)5)43-55-47(51)39-35-31-27-24-22-21-23-26-30-34-38-45(50)37-33-29-13-11-9-7-2/h9,11,15-16,21-22,26-27,29-31,33-34,38,45-46,50H,6-8,10,12-14,17-20,23-25,28,32,35-37,39-44H2,1-5H3/b11-9-,16-15-,22-21-,30-26-,31-27-,33-29-,38-34+/t45?,46-/m1/s1. The van der Waals surface area contributed by atoms with Crippen LogP contribution in [0.2, 0.25) is 0 Å². The summed E-state index contributed by atoms with van der Waals surface area (Å²) in [4.78, 5) is 37.5. The number of nitrogens with zero attached hydrogens (tertiary/aromatic N) is 1. The van der Waals surface area contributed by atoms with Gasteiger partial charge in [0.15, 0.2) is 6.10 Å². The van der Waals surface area contributed by atoms with Crippen molar-refractivity contribution in [3.63, 3.8) is 0 Å². The number of aliphatic hydroxyl groups excluding tert-OH is 1. The molecule has 2 unspecified atom stereocenters. The van der Waals surface area contributed by atoms with Crippen molar-refractivity contribution in [1.82, 2.24) is 0 Å². The molecule has 1 N–H and O–H groups in total. The number of allylic oxidation sites excluding steroid dienone is 12. The normalized spacial score (nSPS) is 14.9. The molecule has 338 valence electrons. The van der Waals surface area contributed by atoms with Gasteiger partial charge in [-0.15, -0.1) is 0 Å². The maximum Gasteiger partial charge on any atom is 0.306 e. The Hall–Kier alpha value is -2.85. The fourth-order valence-electron chi connectivity index (χ4n) is 5.46. The molecule has 10 nitrogen and oxygen atoms in total. The number of rotatable bonds is 39. The van der Waals surface area contributed by atoms with E-state index in [1.54, 1.807) is 6.08 Å². The number of hydrogen-bond donors (Lipinski definition) is 1. The average Bonchev–Trinajstić information content (AvgIpc) is 3.18. The van der Waals surface area contributed by atoms with Crippen molar-refractivity contribution in [3.8, 4) is 0 Å². The van der Waals surface area contributed by atoms with Gasteiger partial charge in [-0.05, 0) is 70.6 Å². The second-order valence-electron chi connectivity index (χ2n) is 15.9. The van der Waals surface area contributed by atoms with Crippen molar-refractivity contribution >= 4 is 19.8 Å². The molecule has 0 aliphatic rings. The molecule has 0 fully saturated rings. The molecule has 0 amide bonds. The summed E-state index contributed by atoms with van der Waals surface area (Å²) in [5.41, 5.74) is 0. The van der Waals surface area contributed by atoms with Crippen LogP contribution in [0.25, 0.3) is 0 Å². The van der Waals surface area contributed by atoms with Crippen LogP contribution in [0.3, 0.4) is 0 Å². The summed E-state index contributed by atoms with van der Waals surface area (Å²) in [5.74, 6) is -0.975. The summed E-state index contributed by atoms with van der Waals surface area (Å²) in [6, 6.07) is 0. The minimum atomic E-state index is -4.66. The maximum atomic E-state index is 12.7. The first-order valence-electron chi connectivity index (χ1n) is 22.4. The second kappa shape index (κ2) is 39.3. The molecule has 0 radical (unpaired) electrons. The average molecular weight is 848 g/mol. The van der Waals surface area contributed by atoms with E-state index in [1.807, 2.05) is 69.8 Å². The molecule has 3 atom stereocenters. The van der Waals surface area contributed by atoms with Crippen LogP contribution in [-0.4, -0.2) is 81.2 Å². The maximum absolute atomic E-state index is 12.7. The predicted octanol–water partition coefficient (Wildman–Crippen LogP) is 11.1. The van der Waals surface area contributed by atoms with Crippen LogP contribution in [-0.2, 0) is 32.7 Å². The van der Waals surface area contributed by atoms with Crippen molar-refractivity contribution < 1.29 is 47.2 Å². The molecule has 0 saturated heterocycles. The lowest BCUT2D eigenvalue weighted by Gasteiger charge is -2.28. The van der Waals surface area contributed by atoms with Crippen molar-refractivity contribution in [3.05, 3.63) is 85.1 Å².